The average molecular weight is 277 g/mol. The third kappa shape index (κ3) is 2.20. The first-order valence-electron chi connectivity index (χ1n) is 5.02. The van der Waals surface area contributed by atoms with Crippen molar-refractivity contribution in [2.45, 2.75) is 25.6 Å². The van der Waals surface area contributed by atoms with Crippen LogP contribution in [0, 0.1) is 0 Å². The van der Waals surface area contributed by atoms with E-state index in [2.05, 4.69) is 4.98 Å². The molecule has 1 amide bonds. The molecular weight excluding hydrogens is 267 g/mol. The van der Waals surface area contributed by atoms with Crippen molar-refractivity contribution in [1.82, 2.24) is 14.7 Å². The first-order valence-corrected chi connectivity index (χ1v) is 5.90. The van der Waals surface area contributed by atoms with Crippen molar-refractivity contribution in [3.05, 3.63) is 23.6 Å². The van der Waals surface area contributed by atoms with E-state index in [-0.39, 0.29) is 0 Å². The molecule has 0 aliphatic carbocycles. The molecule has 98 valence electrons. The molecule has 2 rings (SSSR count). The average Bonchev–Trinajstić information content (AvgIpc) is 2.74. The monoisotopic (exact) mass is 277 g/mol. The van der Waals surface area contributed by atoms with Gasteiger partial charge in [-0.05, 0) is 13.8 Å². The Kier molecular flexibility index (Phi) is 2.84. The highest BCUT2D eigenvalue weighted by atomic mass is 32.1. The van der Waals surface area contributed by atoms with Crippen LogP contribution in [0.1, 0.15) is 19.7 Å². The number of amides is 1. The molecule has 0 bridgehead atoms. The van der Waals surface area contributed by atoms with Gasteiger partial charge in [0, 0.05) is 11.6 Å². The maximum atomic E-state index is 12.2. The minimum absolute atomic E-state index is 0.358. The second kappa shape index (κ2) is 3.98. The molecule has 8 heteroatoms. The van der Waals surface area contributed by atoms with Gasteiger partial charge < -0.3 is 5.32 Å². The number of carbonyl (C=O) groups excluding carboxylic acids is 1. The van der Waals surface area contributed by atoms with E-state index < -0.39 is 17.6 Å². The van der Waals surface area contributed by atoms with Gasteiger partial charge in [-0.15, -0.1) is 11.3 Å². The van der Waals surface area contributed by atoms with Gasteiger partial charge in [0.15, 0.2) is 0 Å². The molecule has 0 fully saturated rings. The van der Waals surface area contributed by atoms with Gasteiger partial charge in [0.25, 0.3) is 0 Å². The summed E-state index contributed by atoms with van der Waals surface area (Å²) in [5.74, 6) is -1.61. The first-order chi connectivity index (χ1) is 8.22. The number of halogens is 3. The number of nitrogens with one attached hydrogen (secondary N) is 1. The van der Waals surface area contributed by atoms with Crippen LogP contribution in [-0.2, 0) is 10.3 Å². The Hall–Kier alpha value is -1.57. The predicted octanol–water partition coefficient (Wildman–Crippen LogP) is 2.31. The number of imidazole rings is 1. The van der Waals surface area contributed by atoms with Crippen molar-refractivity contribution in [3.8, 4) is 0 Å². The number of hydrogen-bond donors (Lipinski definition) is 1. The Balaban J connectivity index is 2.32. The van der Waals surface area contributed by atoms with E-state index in [9.17, 15) is 18.0 Å². The largest absolute Gasteiger partial charge is 0.471 e. The Morgan fingerprint density at radius 1 is 1.44 bits per heavy atom. The lowest BCUT2D eigenvalue weighted by Crippen LogP contribution is -2.48. The molecule has 0 saturated carbocycles. The Bertz CT molecular complexity index is 584. The second-order valence-electron chi connectivity index (χ2n) is 4.27. The highest BCUT2D eigenvalue weighted by molar-refractivity contribution is 7.15. The van der Waals surface area contributed by atoms with Gasteiger partial charge in [-0.25, -0.2) is 4.98 Å². The molecule has 0 atom stereocenters. The minimum Gasteiger partial charge on any atom is -0.336 e. The highest BCUT2D eigenvalue weighted by Crippen LogP contribution is 2.25. The molecule has 0 aromatic carbocycles. The lowest BCUT2D eigenvalue weighted by Gasteiger charge is -2.25. The third-order valence-corrected chi connectivity index (χ3v) is 3.21. The summed E-state index contributed by atoms with van der Waals surface area (Å²) in [6.45, 7) is 2.95. The van der Waals surface area contributed by atoms with Gasteiger partial charge in [0.2, 0.25) is 0 Å². The molecule has 4 nitrogen and oxygen atoms in total. The van der Waals surface area contributed by atoms with Crippen molar-refractivity contribution >= 4 is 22.1 Å². The van der Waals surface area contributed by atoms with Crippen molar-refractivity contribution in [2.24, 2.45) is 0 Å². The minimum atomic E-state index is -4.90. The summed E-state index contributed by atoms with van der Waals surface area (Å²) in [5, 5.41) is 3.73. The molecule has 2 heterocycles. The molecule has 0 aliphatic heterocycles. The number of nitrogens with zero attached hydrogens (tertiary/aromatic N) is 2. The maximum Gasteiger partial charge on any atom is 0.471 e. The van der Waals surface area contributed by atoms with Crippen molar-refractivity contribution < 1.29 is 18.0 Å². The van der Waals surface area contributed by atoms with E-state index in [1.165, 1.54) is 25.2 Å². The van der Waals surface area contributed by atoms with Crippen LogP contribution < -0.4 is 5.32 Å². The van der Waals surface area contributed by atoms with Gasteiger partial charge in [-0.3, -0.25) is 9.20 Å². The molecule has 0 radical (unpaired) electrons. The predicted molar refractivity (Wildman–Crippen MR) is 60.3 cm³/mol. The summed E-state index contributed by atoms with van der Waals surface area (Å²) in [5.41, 5.74) is -1.21. The van der Waals surface area contributed by atoms with Crippen LogP contribution in [0.2, 0.25) is 0 Å². The van der Waals surface area contributed by atoms with Gasteiger partial charge >= 0.3 is 12.1 Å². The Labute approximate surface area is 104 Å². The number of alkyl halides is 3. The number of rotatable bonds is 2. The zero-order chi connectivity index (χ0) is 13.6. The van der Waals surface area contributed by atoms with Crippen LogP contribution in [0.4, 0.5) is 13.2 Å². The second-order valence-corrected chi connectivity index (χ2v) is 5.20. The van der Waals surface area contributed by atoms with E-state index in [4.69, 9.17) is 0 Å². The van der Waals surface area contributed by atoms with E-state index in [0.29, 0.717) is 5.82 Å². The number of aromatic nitrogens is 2. The molecule has 2 aromatic rings. The van der Waals surface area contributed by atoms with Crippen LogP contribution >= 0.6 is 11.3 Å². The van der Waals surface area contributed by atoms with Crippen LogP contribution in [0.5, 0.6) is 0 Å². The third-order valence-electron chi connectivity index (χ3n) is 2.40. The Morgan fingerprint density at radius 2 is 2.11 bits per heavy atom. The van der Waals surface area contributed by atoms with Crippen LogP contribution in [-0.4, -0.2) is 21.5 Å². The number of hydrogen-bond acceptors (Lipinski definition) is 3. The zero-order valence-electron chi connectivity index (χ0n) is 9.58. The van der Waals surface area contributed by atoms with E-state index in [1.54, 1.807) is 22.2 Å². The Morgan fingerprint density at radius 3 is 2.72 bits per heavy atom. The SMILES string of the molecule is CC(C)(NC(=O)C(F)(F)F)c1ncc2sccn12. The lowest BCUT2D eigenvalue weighted by atomic mass is 10.0. The fourth-order valence-electron chi connectivity index (χ4n) is 1.61. The normalized spacial score (nSPS) is 12.9. The van der Waals surface area contributed by atoms with Crippen LogP contribution in [0.3, 0.4) is 0 Å². The van der Waals surface area contributed by atoms with E-state index in [1.807, 2.05) is 5.32 Å². The first kappa shape index (κ1) is 12.9. The molecule has 1 N–H and O–H groups in total. The number of carbonyl (C=O) groups is 1. The van der Waals surface area contributed by atoms with Crippen LogP contribution in [0.25, 0.3) is 4.83 Å². The molecule has 18 heavy (non-hydrogen) atoms. The molecule has 0 aliphatic rings. The smallest absolute Gasteiger partial charge is 0.336 e. The molecule has 0 spiro atoms. The fraction of sp³-hybridized carbons (Fsp3) is 0.400. The zero-order valence-corrected chi connectivity index (χ0v) is 10.4. The van der Waals surface area contributed by atoms with Crippen LogP contribution in [0.15, 0.2) is 17.8 Å². The molecular formula is C10H10F3N3OS. The fourth-order valence-corrected chi connectivity index (χ4v) is 2.31. The van der Waals surface area contributed by atoms with Crippen molar-refractivity contribution in [3.63, 3.8) is 0 Å². The maximum absolute atomic E-state index is 12.2. The van der Waals surface area contributed by atoms with Gasteiger partial charge in [-0.1, -0.05) is 0 Å². The molecule has 2 aromatic heterocycles. The van der Waals surface area contributed by atoms with Crippen molar-refractivity contribution in [1.29, 1.82) is 0 Å². The summed E-state index contributed by atoms with van der Waals surface area (Å²) in [6, 6.07) is 0. The standard InChI is InChI=1S/C10H10F3N3OS/c1-9(2,15-8(17)10(11,12)13)7-14-5-6-16(7)3-4-18-6/h3-5H,1-2H3,(H,15,17). The van der Waals surface area contributed by atoms with E-state index >= 15 is 0 Å². The van der Waals surface area contributed by atoms with Crippen molar-refractivity contribution in [2.75, 3.05) is 0 Å². The summed E-state index contributed by atoms with van der Waals surface area (Å²) in [4.78, 5) is 15.8. The van der Waals surface area contributed by atoms with Gasteiger partial charge in [0.1, 0.15) is 10.7 Å². The quantitative estimate of drug-likeness (QED) is 0.915. The summed E-state index contributed by atoms with van der Waals surface area (Å²) < 4.78 is 38.4. The van der Waals surface area contributed by atoms with E-state index in [0.717, 1.165) is 4.83 Å². The lowest BCUT2D eigenvalue weighted by molar-refractivity contribution is -0.175. The molecule has 0 unspecified atom stereocenters. The van der Waals surface area contributed by atoms with Gasteiger partial charge in [-0.2, -0.15) is 13.2 Å². The summed E-state index contributed by atoms with van der Waals surface area (Å²) in [6.07, 6.45) is -1.65. The number of fused-ring (bicyclic) bond motifs is 1. The summed E-state index contributed by atoms with van der Waals surface area (Å²) in [7, 11) is 0. The van der Waals surface area contributed by atoms with Gasteiger partial charge in [0.05, 0.1) is 11.7 Å². The number of thiazole rings is 1. The summed E-state index contributed by atoms with van der Waals surface area (Å²) >= 11 is 1.41. The topological polar surface area (TPSA) is 46.4 Å². The highest BCUT2D eigenvalue weighted by Gasteiger charge is 2.42. The molecule has 0 saturated heterocycles.